The van der Waals surface area contributed by atoms with Gasteiger partial charge in [0, 0.05) is 19.2 Å². The molecule has 0 spiro atoms. The second kappa shape index (κ2) is 12.0. The molecule has 0 unspecified atom stereocenters. The average molecular weight is 498 g/mol. The number of hydrogen-bond acceptors (Lipinski definition) is 5. The Morgan fingerprint density at radius 2 is 1.76 bits per heavy atom. The minimum atomic E-state index is -5.17. The number of benzene rings is 2. The Bertz CT molecular complexity index is 1060. The Morgan fingerprint density at radius 3 is 2.35 bits per heavy atom. The van der Waals surface area contributed by atoms with Crippen molar-refractivity contribution >= 4 is 47.1 Å². The number of ketones is 1. The van der Waals surface area contributed by atoms with E-state index in [1.807, 2.05) is 36.4 Å². The SMILES string of the molecule is CN(C(=O)C(F)(F)F)[C@@H](CS)C(=O)[C@H](/C=C/c1ccc2ccccc2c1)[C@@H](O)CCCC(=O)O. The van der Waals surface area contributed by atoms with Crippen LogP contribution < -0.4 is 0 Å². The minimum Gasteiger partial charge on any atom is -0.481 e. The van der Waals surface area contributed by atoms with Gasteiger partial charge in [-0.05, 0) is 35.2 Å². The van der Waals surface area contributed by atoms with Crippen LogP contribution in [0.2, 0.25) is 0 Å². The molecule has 34 heavy (non-hydrogen) atoms. The van der Waals surface area contributed by atoms with E-state index in [-0.39, 0.29) is 29.9 Å². The number of alkyl halides is 3. The van der Waals surface area contributed by atoms with Gasteiger partial charge in [0.15, 0.2) is 5.78 Å². The topological polar surface area (TPSA) is 94.9 Å². The molecule has 10 heteroatoms. The third-order valence-corrected chi connectivity index (χ3v) is 5.78. The number of hydrogen-bond donors (Lipinski definition) is 3. The van der Waals surface area contributed by atoms with Crippen molar-refractivity contribution in [3.63, 3.8) is 0 Å². The maximum Gasteiger partial charge on any atom is 0.471 e. The Labute approximate surface area is 200 Å². The summed E-state index contributed by atoms with van der Waals surface area (Å²) in [7, 11) is 0.857. The predicted molar refractivity (Wildman–Crippen MR) is 125 cm³/mol. The summed E-state index contributed by atoms with van der Waals surface area (Å²) in [6, 6.07) is 11.5. The monoisotopic (exact) mass is 497 g/mol. The molecule has 0 heterocycles. The van der Waals surface area contributed by atoms with Gasteiger partial charge < -0.3 is 15.1 Å². The van der Waals surface area contributed by atoms with Gasteiger partial charge in [0.05, 0.1) is 18.1 Å². The first kappa shape index (κ1) is 27.4. The van der Waals surface area contributed by atoms with Crippen LogP contribution in [0.3, 0.4) is 0 Å². The average Bonchev–Trinajstić information content (AvgIpc) is 2.78. The number of aliphatic carboxylic acids is 1. The molecule has 0 saturated heterocycles. The van der Waals surface area contributed by atoms with Crippen LogP contribution in [0.5, 0.6) is 0 Å². The van der Waals surface area contributed by atoms with Crippen LogP contribution in [0.4, 0.5) is 13.2 Å². The molecule has 0 aliphatic carbocycles. The van der Waals surface area contributed by atoms with Crippen molar-refractivity contribution in [1.29, 1.82) is 0 Å². The van der Waals surface area contributed by atoms with Crippen molar-refractivity contribution < 1.29 is 37.8 Å². The van der Waals surface area contributed by atoms with Crippen LogP contribution in [-0.4, -0.2) is 63.9 Å². The van der Waals surface area contributed by atoms with Crippen LogP contribution in [0.15, 0.2) is 48.5 Å². The Kier molecular flexibility index (Phi) is 9.69. The summed E-state index contributed by atoms with van der Waals surface area (Å²) < 4.78 is 38.7. The van der Waals surface area contributed by atoms with E-state index in [4.69, 9.17) is 5.11 Å². The van der Waals surface area contributed by atoms with Crippen molar-refractivity contribution in [2.45, 2.75) is 37.6 Å². The minimum absolute atomic E-state index is 0.0625. The molecule has 2 N–H and O–H groups in total. The Hall–Kier alpha value is -2.85. The fraction of sp³-hybridized carbons (Fsp3) is 0.375. The normalized spacial score (nSPS) is 14.6. The van der Waals surface area contributed by atoms with Crippen molar-refractivity contribution in [3.8, 4) is 0 Å². The first-order valence-corrected chi connectivity index (χ1v) is 11.1. The lowest BCUT2D eigenvalue weighted by Gasteiger charge is -2.30. The molecule has 0 bridgehead atoms. The van der Waals surface area contributed by atoms with Crippen molar-refractivity contribution in [2.75, 3.05) is 12.8 Å². The highest BCUT2D eigenvalue weighted by Crippen LogP contribution is 2.24. The van der Waals surface area contributed by atoms with E-state index in [1.165, 1.54) is 6.08 Å². The zero-order valence-corrected chi connectivity index (χ0v) is 19.3. The van der Waals surface area contributed by atoms with Crippen molar-refractivity contribution in [3.05, 3.63) is 54.1 Å². The molecular weight excluding hydrogens is 471 g/mol. The quantitative estimate of drug-likeness (QED) is 0.409. The van der Waals surface area contributed by atoms with Crippen molar-refractivity contribution in [1.82, 2.24) is 4.90 Å². The number of carboxylic acids is 1. The molecule has 6 nitrogen and oxygen atoms in total. The number of carbonyl (C=O) groups is 3. The van der Waals surface area contributed by atoms with E-state index in [2.05, 4.69) is 12.6 Å². The summed E-state index contributed by atoms with van der Waals surface area (Å²) in [5.41, 5.74) is 0.691. The molecule has 184 valence electrons. The first-order valence-electron chi connectivity index (χ1n) is 10.5. The second-order valence-electron chi connectivity index (χ2n) is 7.86. The number of aliphatic hydroxyl groups excluding tert-OH is 1. The van der Waals surface area contributed by atoms with Gasteiger partial charge in [-0.25, -0.2) is 0 Å². The van der Waals surface area contributed by atoms with Crippen LogP contribution in [-0.2, 0) is 14.4 Å². The number of Topliss-reactive ketones (excluding diaryl/α,β-unsaturated/α-hetero) is 1. The summed E-state index contributed by atoms with van der Waals surface area (Å²) >= 11 is 3.96. The summed E-state index contributed by atoms with van der Waals surface area (Å²) in [5.74, 6) is -5.77. The fourth-order valence-electron chi connectivity index (χ4n) is 3.55. The Balaban J connectivity index is 2.34. The number of carboxylic acid groups (broad SMARTS) is 1. The number of nitrogens with zero attached hydrogens (tertiary/aromatic N) is 1. The lowest BCUT2D eigenvalue weighted by molar-refractivity contribution is -0.186. The number of thiol groups is 1. The molecule has 3 atom stereocenters. The van der Waals surface area contributed by atoms with Gasteiger partial charge in [-0.1, -0.05) is 48.6 Å². The molecule has 2 aromatic rings. The lowest BCUT2D eigenvalue weighted by Crippen LogP contribution is -2.51. The number of fused-ring (bicyclic) bond motifs is 1. The summed E-state index contributed by atoms with van der Waals surface area (Å²) in [6.07, 6.45) is -3.84. The van der Waals surface area contributed by atoms with Gasteiger partial charge in [0.25, 0.3) is 0 Å². The van der Waals surface area contributed by atoms with Gasteiger partial charge in [0.2, 0.25) is 0 Å². The smallest absolute Gasteiger partial charge is 0.471 e. The maximum atomic E-state index is 13.2. The molecule has 1 amide bonds. The molecule has 0 saturated carbocycles. The van der Waals surface area contributed by atoms with Crippen LogP contribution in [0.1, 0.15) is 24.8 Å². The molecule has 0 aliphatic rings. The van der Waals surface area contributed by atoms with Gasteiger partial charge in [-0.3, -0.25) is 14.4 Å². The van der Waals surface area contributed by atoms with Gasteiger partial charge >= 0.3 is 18.1 Å². The summed E-state index contributed by atoms with van der Waals surface area (Å²) in [4.78, 5) is 35.9. The largest absolute Gasteiger partial charge is 0.481 e. The molecular formula is C24H26F3NO5S. The second-order valence-corrected chi connectivity index (χ2v) is 8.22. The fourth-order valence-corrected chi connectivity index (χ4v) is 3.97. The van der Waals surface area contributed by atoms with E-state index in [0.717, 1.165) is 17.8 Å². The van der Waals surface area contributed by atoms with Crippen molar-refractivity contribution in [2.24, 2.45) is 5.92 Å². The highest BCUT2D eigenvalue weighted by molar-refractivity contribution is 7.80. The van der Waals surface area contributed by atoms with E-state index in [0.29, 0.717) is 5.56 Å². The zero-order chi connectivity index (χ0) is 25.5. The van der Waals surface area contributed by atoms with Crippen LogP contribution >= 0.6 is 12.6 Å². The number of carbonyl (C=O) groups excluding carboxylic acids is 2. The first-order chi connectivity index (χ1) is 16.0. The molecule has 0 fully saturated rings. The molecule has 0 radical (unpaired) electrons. The molecule has 0 aromatic heterocycles. The summed E-state index contributed by atoms with van der Waals surface area (Å²) in [6.45, 7) is 0. The number of amides is 1. The number of aliphatic hydroxyl groups is 1. The van der Waals surface area contributed by atoms with Gasteiger partial charge in [-0.15, -0.1) is 0 Å². The van der Waals surface area contributed by atoms with E-state index in [1.54, 1.807) is 12.1 Å². The number of halogens is 3. The van der Waals surface area contributed by atoms with E-state index >= 15 is 0 Å². The van der Waals surface area contributed by atoms with Crippen LogP contribution in [0, 0.1) is 5.92 Å². The number of rotatable bonds is 11. The van der Waals surface area contributed by atoms with Gasteiger partial charge in [-0.2, -0.15) is 25.8 Å². The third kappa shape index (κ3) is 7.33. The van der Waals surface area contributed by atoms with Crippen LogP contribution in [0.25, 0.3) is 16.8 Å². The predicted octanol–water partition coefficient (Wildman–Crippen LogP) is 3.97. The lowest BCUT2D eigenvalue weighted by atomic mass is 9.88. The third-order valence-electron chi connectivity index (χ3n) is 5.43. The van der Waals surface area contributed by atoms with E-state index in [9.17, 15) is 32.7 Å². The molecule has 0 aliphatic heterocycles. The highest BCUT2D eigenvalue weighted by Gasteiger charge is 2.45. The standard InChI is InChI=1S/C24H26F3NO5S/c1-28(23(33)24(25,26)27)19(14-34)22(32)18(20(29)7-4-8-21(30)31)12-10-15-9-11-16-5-2-3-6-17(16)13-15/h2-3,5-6,9-13,18-20,29,34H,4,7-8,14H2,1H3,(H,30,31)/b12-10+/t18-,19+,20+/m1/s1. The van der Waals surface area contributed by atoms with E-state index < -0.39 is 41.9 Å². The molecule has 2 aromatic carbocycles. The zero-order valence-electron chi connectivity index (χ0n) is 18.4. The maximum absolute atomic E-state index is 13.2. The summed E-state index contributed by atoms with van der Waals surface area (Å²) in [5, 5.41) is 21.4. The molecule has 2 rings (SSSR count). The van der Waals surface area contributed by atoms with Gasteiger partial charge in [0.1, 0.15) is 0 Å². The highest BCUT2D eigenvalue weighted by atomic mass is 32.1. The number of likely N-dealkylation sites (N-methyl/N-ethyl adjacent to an activating group) is 1. The Morgan fingerprint density at radius 1 is 1.12 bits per heavy atom.